The molecule has 0 rings (SSSR count). The molecule has 0 amide bonds. The van der Waals surface area contributed by atoms with Crippen molar-refractivity contribution in [2.75, 3.05) is 25.4 Å². The van der Waals surface area contributed by atoms with E-state index in [1.54, 1.807) is 6.08 Å². The summed E-state index contributed by atoms with van der Waals surface area (Å²) in [6.07, 6.45) is 1.61. The minimum Gasteiger partial charge on any atom is -0.313 e. The third-order valence-electron chi connectivity index (χ3n) is 1.99. The van der Waals surface area contributed by atoms with Crippen LogP contribution in [0.2, 0.25) is 0 Å². The molecule has 4 nitrogen and oxygen atoms in total. The van der Waals surface area contributed by atoms with E-state index in [0.717, 1.165) is 0 Å². The molecule has 0 bridgehead atoms. The van der Waals surface area contributed by atoms with Crippen LogP contribution in [-0.2, 0) is 10.0 Å². The second kappa shape index (κ2) is 6.98. The summed E-state index contributed by atoms with van der Waals surface area (Å²) in [4.78, 5) is 0. The molecule has 5 heteroatoms. The number of hydrogen-bond donors (Lipinski definition) is 1. The molecule has 0 aliphatic rings. The van der Waals surface area contributed by atoms with Crippen molar-refractivity contribution < 1.29 is 8.42 Å². The lowest BCUT2D eigenvalue weighted by molar-refractivity contribution is 0.457. The van der Waals surface area contributed by atoms with Gasteiger partial charge < -0.3 is 5.32 Å². The van der Waals surface area contributed by atoms with Gasteiger partial charge >= 0.3 is 0 Å². The summed E-state index contributed by atoms with van der Waals surface area (Å²) in [5, 5.41) is 3.09. The molecule has 0 aliphatic heterocycles. The Bertz CT molecular complexity index is 273. The van der Waals surface area contributed by atoms with Crippen molar-refractivity contribution >= 4 is 10.0 Å². The monoisotopic (exact) mass is 234 g/mol. The van der Waals surface area contributed by atoms with Gasteiger partial charge in [0.15, 0.2) is 0 Å². The molecule has 0 spiro atoms. The van der Waals surface area contributed by atoms with Gasteiger partial charge in [-0.15, -0.1) is 6.58 Å². The van der Waals surface area contributed by atoms with E-state index in [0.29, 0.717) is 25.7 Å². The molecule has 15 heavy (non-hydrogen) atoms. The van der Waals surface area contributed by atoms with Crippen LogP contribution in [0.1, 0.15) is 20.8 Å². The van der Waals surface area contributed by atoms with Crippen molar-refractivity contribution in [3.63, 3.8) is 0 Å². The van der Waals surface area contributed by atoms with Crippen LogP contribution in [0.25, 0.3) is 0 Å². The molecule has 0 atom stereocenters. The molecule has 0 aromatic heterocycles. The van der Waals surface area contributed by atoms with Gasteiger partial charge in [-0.25, -0.2) is 8.42 Å². The highest BCUT2D eigenvalue weighted by atomic mass is 32.2. The fourth-order valence-corrected chi connectivity index (χ4v) is 2.55. The third kappa shape index (κ3) is 5.92. The van der Waals surface area contributed by atoms with E-state index in [1.165, 1.54) is 4.31 Å². The van der Waals surface area contributed by atoms with Gasteiger partial charge in [0, 0.05) is 25.7 Å². The van der Waals surface area contributed by atoms with E-state index in [-0.39, 0.29) is 5.75 Å². The second-order valence-electron chi connectivity index (χ2n) is 3.66. The summed E-state index contributed by atoms with van der Waals surface area (Å²) in [5.74, 6) is 0.146. The highest BCUT2D eigenvalue weighted by molar-refractivity contribution is 7.89. The standard InChI is InChI=1S/C10H22N2O2S/c1-5-8-12(6-2)15(13,14)9-7-11-10(3)4/h5,10-11H,1,6-9H2,2-4H3. The van der Waals surface area contributed by atoms with Gasteiger partial charge in [0.25, 0.3) is 0 Å². The number of sulfonamides is 1. The minimum atomic E-state index is -3.13. The zero-order chi connectivity index (χ0) is 11.9. The summed E-state index contributed by atoms with van der Waals surface area (Å²) in [6, 6.07) is 0.315. The first-order valence-electron chi connectivity index (χ1n) is 5.26. The maximum absolute atomic E-state index is 11.8. The van der Waals surface area contributed by atoms with Crippen LogP contribution in [0, 0.1) is 0 Å². The lowest BCUT2D eigenvalue weighted by atomic mass is 10.4. The highest BCUT2D eigenvalue weighted by Gasteiger charge is 2.18. The van der Waals surface area contributed by atoms with Gasteiger partial charge in [-0.05, 0) is 0 Å². The molecular weight excluding hydrogens is 212 g/mol. The van der Waals surface area contributed by atoms with Crippen LogP contribution in [0.15, 0.2) is 12.7 Å². The van der Waals surface area contributed by atoms with Crippen LogP contribution in [0.4, 0.5) is 0 Å². The topological polar surface area (TPSA) is 49.4 Å². The predicted molar refractivity (Wildman–Crippen MR) is 64.4 cm³/mol. The summed E-state index contributed by atoms with van der Waals surface area (Å²) in [7, 11) is -3.13. The first-order valence-corrected chi connectivity index (χ1v) is 6.87. The van der Waals surface area contributed by atoms with Gasteiger partial charge in [-0.2, -0.15) is 4.31 Å². The number of nitrogens with zero attached hydrogens (tertiary/aromatic N) is 1. The summed E-state index contributed by atoms with van der Waals surface area (Å²) in [5.41, 5.74) is 0. The molecule has 1 N–H and O–H groups in total. The Balaban J connectivity index is 4.20. The normalized spacial score (nSPS) is 12.3. The lowest BCUT2D eigenvalue weighted by Gasteiger charge is -2.19. The number of likely N-dealkylation sites (N-methyl/N-ethyl adjacent to an activating group) is 1. The van der Waals surface area contributed by atoms with E-state index >= 15 is 0 Å². The molecule has 0 aromatic rings. The van der Waals surface area contributed by atoms with Crippen LogP contribution >= 0.6 is 0 Å². The Morgan fingerprint density at radius 2 is 2.07 bits per heavy atom. The van der Waals surface area contributed by atoms with Gasteiger partial charge in [0.05, 0.1) is 5.75 Å². The average Bonchev–Trinajstić information content (AvgIpc) is 2.12. The number of nitrogens with one attached hydrogen (secondary N) is 1. The Morgan fingerprint density at radius 1 is 1.47 bits per heavy atom. The average molecular weight is 234 g/mol. The smallest absolute Gasteiger partial charge is 0.215 e. The van der Waals surface area contributed by atoms with Crippen LogP contribution < -0.4 is 5.32 Å². The van der Waals surface area contributed by atoms with Crippen molar-refractivity contribution in [1.82, 2.24) is 9.62 Å². The SMILES string of the molecule is C=CCN(CC)S(=O)(=O)CCNC(C)C. The third-order valence-corrected chi connectivity index (χ3v) is 3.91. The zero-order valence-electron chi connectivity index (χ0n) is 9.86. The molecule has 0 radical (unpaired) electrons. The fraction of sp³-hybridized carbons (Fsp3) is 0.800. The van der Waals surface area contributed by atoms with E-state index < -0.39 is 10.0 Å². The lowest BCUT2D eigenvalue weighted by Crippen LogP contribution is -2.37. The zero-order valence-corrected chi connectivity index (χ0v) is 10.7. The van der Waals surface area contributed by atoms with Crippen molar-refractivity contribution in [1.29, 1.82) is 0 Å². The summed E-state index contributed by atoms with van der Waals surface area (Å²) >= 11 is 0. The van der Waals surface area contributed by atoms with Crippen LogP contribution in [-0.4, -0.2) is 44.2 Å². The fourth-order valence-electron chi connectivity index (χ4n) is 1.19. The van der Waals surface area contributed by atoms with Gasteiger partial charge in [0.2, 0.25) is 10.0 Å². The highest BCUT2D eigenvalue weighted by Crippen LogP contribution is 2.00. The van der Waals surface area contributed by atoms with Crippen LogP contribution in [0.3, 0.4) is 0 Å². The van der Waals surface area contributed by atoms with E-state index in [2.05, 4.69) is 11.9 Å². The predicted octanol–water partition coefficient (Wildman–Crippen LogP) is 0.822. The minimum absolute atomic E-state index is 0.146. The molecule has 0 heterocycles. The van der Waals surface area contributed by atoms with E-state index in [4.69, 9.17) is 0 Å². The second-order valence-corrected chi connectivity index (χ2v) is 5.75. The molecular formula is C10H22N2O2S. The molecule has 0 aromatic carbocycles. The molecule has 0 fully saturated rings. The van der Waals surface area contributed by atoms with E-state index in [1.807, 2.05) is 20.8 Å². The first kappa shape index (κ1) is 14.6. The largest absolute Gasteiger partial charge is 0.313 e. The van der Waals surface area contributed by atoms with Crippen molar-refractivity contribution in [2.24, 2.45) is 0 Å². The molecule has 90 valence electrons. The molecule has 0 aliphatic carbocycles. The van der Waals surface area contributed by atoms with Crippen molar-refractivity contribution in [3.05, 3.63) is 12.7 Å². The van der Waals surface area contributed by atoms with Gasteiger partial charge in [0.1, 0.15) is 0 Å². The summed E-state index contributed by atoms with van der Waals surface area (Å²) in [6.45, 7) is 10.7. The Labute approximate surface area is 93.4 Å². The summed E-state index contributed by atoms with van der Waals surface area (Å²) < 4.78 is 25.0. The molecule has 0 unspecified atom stereocenters. The van der Waals surface area contributed by atoms with Gasteiger partial charge in [-0.1, -0.05) is 26.8 Å². The number of hydrogen-bond acceptors (Lipinski definition) is 3. The quantitative estimate of drug-likeness (QED) is 0.633. The van der Waals surface area contributed by atoms with Crippen molar-refractivity contribution in [3.8, 4) is 0 Å². The number of rotatable bonds is 8. The van der Waals surface area contributed by atoms with Gasteiger partial charge in [-0.3, -0.25) is 0 Å². The molecule has 0 saturated heterocycles. The Morgan fingerprint density at radius 3 is 2.47 bits per heavy atom. The van der Waals surface area contributed by atoms with Crippen molar-refractivity contribution in [2.45, 2.75) is 26.8 Å². The molecule has 0 saturated carbocycles. The Kier molecular flexibility index (Phi) is 6.80. The van der Waals surface area contributed by atoms with Crippen LogP contribution in [0.5, 0.6) is 0 Å². The maximum atomic E-state index is 11.8. The van der Waals surface area contributed by atoms with E-state index in [9.17, 15) is 8.42 Å². The Hall–Kier alpha value is -0.390. The maximum Gasteiger partial charge on any atom is 0.215 e. The first-order chi connectivity index (χ1) is 6.94.